The van der Waals surface area contributed by atoms with Crippen LogP contribution >= 0.6 is 0 Å². The minimum absolute atomic E-state index is 0.245. The van der Waals surface area contributed by atoms with Crippen molar-refractivity contribution in [1.82, 2.24) is 0 Å². The van der Waals surface area contributed by atoms with Crippen LogP contribution in [0.1, 0.15) is 31.4 Å². The highest BCUT2D eigenvalue weighted by Gasteiger charge is 2.22. The summed E-state index contributed by atoms with van der Waals surface area (Å²) in [6.45, 7) is 1.92. The van der Waals surface area contributed by atoms with E-state index in [9.17, 15) is 4.79 Å². The third kappa shape index (κ3) is 3.79. The van der Waals surface area contributed by atoms with Gasteiger partial charge in [0, 0.05) is 4.91 Å². The van der Waals surface area contributed by atoms with Gasteiger partial charge in [0.2, 0.25) is 0 Å². The monoisotopic (exact) mass is 247 g/mol. The predicted molar refractivity (Wildman–Crippen MR) is 68.7 cm³/mol. The van der Waals surface area contributed by atoms with Crippen LogP contribution in [0, 0.1) is 5.92 Å². The summed E-state index contributed by atoms with van der Waals surface area (Å²) in [6.07, 6.45) is 1.13. The minimum Gasteiger partial charge on any atom is -0.469 e. The first-order valence-corrected chi connectivity index (χ1v) is 5.89. The van der Waals surface area contributed by atoms with Crippen molar-refractivity contribution in [3.05, 3.63) is 46.3 Å². The van der Waals surface area contributed by atoms with E-state index in [-0.39, 0.29) is 17.9 Å². The van der Waals surface area contributed by atoms with Gasteiger partial charge in [-0.3, -0.25) is 4.79 Å². The maximum atomic E-state index is 11.6. The summed E-state index contributed by atoms with van der Waals surface area (Å²) in [5.41, 5.74) is 9.54. The van der Waals surface area contributed by atoms with Crippen molar-refractivity contribution in [3.63, 3.8) is 0 Å². The van der Waals surface area contributed by atoms with E-state index in [0.717, 1.165) is 5.56 Å². The molecule has 2 atom stereocenters. The second-order valence-corrected chi connectivity index (χ2v) is 4.00. The normalized spacial score (nSPS) is 13.2. The summed E-state index contributed by atoms with van der Waals surface area (Å²) < 4.78 is 4.74. The number of carbonyl (C=O) groups is 1. The van der Waals surface area contributed by atoms with Gasteiger partial charge < -0.3 is 4.74 Å². The summed E-state index contributed by atoms with van der Waals surface area (Å²) in [6, 6.07) is 9.11. The first kappa shape index (κ1) is 14.1. The quantitative estimate of drug-likeness (QED) is 0.333. The number of nitrogens with zero attached hydrogens (tertiary/aromatic N) is 3. The molecule has 0 saturated carbocycles. The average Bonchev–Trinajstić information content (AvgIpc) is 2.43. The Morgan fingerprint density at radius 3 is 2.61 bits per heavy atom. The van der Waals surface area contributed by atoms with Gasteiger partial charge in [-0.25, -0.2) is 0 Å². The van der Waals surface area contributed by atoms with E-state index < -0.39 is 0 Å². The molecule has 96 valence electrons. The lowest BCUT2D eigenvalue weighted by Gasteiger charge is -2.17. The Balaban J connectivity index is 2.87. The largest absolute Gasteiger partial charge is 0.469 e. The molecule has 0 aliphatic heterocycles. The lowest BCUT2D eigenvalue weighted by molar-refractivity contribution is -0.145. The van der Waals surface area contributed by atoms with Crippen molar-refractivity contribution >= 4 is 5.97 Å². The standard InChI is InChI=1S/C13H17N3O2/c1-3-10(13(17)18-2)9-12(15-16-14)11-7-5-4-6-8-11/h4-8,10,12H,3,9H2,1-2H3. The molecule has 0 amide bonds. The van der Waals surface area contributed by atoms with Gasteiger partial charge in [0.1, 0.15) is 0 Å². The number of hydrogen-bond donors (Lipinski definition) is 0. The zero-order valence-corrected chi connectivity index (χ0v) is 10.6. The topological polar surface area (TPSA) is 75.1 Å². The Morgan fingerprint density at radius 1 is 1.44 bits per heavy atom. The summed E-state index contributed by atoms with van der Waals surface area (Å²) >= 11 is 0. The summed E-state index contributed by atoms with van der Waals surface area (Å²) in [5.74, 6) is -0.503. The van der Waals surface area contributed by atoms with Crippen molar-refractivity contribution in [2.24, 2.45) is 11.0 Å². The molecule has 0 radical (unpaired) electrons. The molecule has 0 N–H and O–H groups in total. The van der Waals surface area contributed by atoms with Crippen LogP contribution in [-0.4, -0.2) is 13.1 Å². The van der Waals surface area contributed by atoms with E-state index in [1.807, 2.05) is 37.3 Å². The average molecular weight is 247 g/mol. The number of carbonyl (C=O) groups excluding carboxylic acids is 1. The number of hydrogen-bond acceptors (Lipinski definition) is 3. The van der Waals surface area contributed by atoms with Crippen molar-refractivity contribution < 1.29 is 9.53 Å². The van der Waals surface area contributed by atoms with E-state index in [4.69, 9.17) is 10.3 Å². The van der Waals surface area contributed by atoms with Crippen molar-refractivity contribution in [1.29, 1.82) is 0 Å². The minimum atomic E-state index is -0.333. The molecule has 0 bridgehead atoms. The van der Waals surface area contributed by atoms with Gasteiger partial charge in [-0.1, -0.05) is 42.4 Å². The van der Waals surface area contributed by atoms with E-state index >= 15 is 0 Å². The predicted octanol–water partition coefficient (Wildman–Crippen LogP) is 3.63. The highest BCUT2D eigenvalue weighted by Crippen LogP contribution is 2.27. The van der Waals surface area contributed by atoms with Gasteiger partial charge in [0.15, 0.2) is 0 Å². The van der Waals surface area contributed by atoms with Crippen LogP contribution in [0.5, 0.6) is 0 Å². The fourth-order valence-corrected chi connectivity index (χ4v) is 1.85. The van der Waals surface area contributed by atoms with Crippen LogP contribution in [0.4, 0.5) is 0 Å². The fraction of sp³-hybridized carbons (Fsp3) is 0.462. The van der Waals surface area contributed by atoms with E-state index in [1.54, 1.807) is 0 Å². The fourth-order valence-electron chi connectivity index (χ4n) is 1.85. The Morgan fingerprint density at radius 2 is 2.11 bits per heavy atom. The molecule has 1 rings (SSSR count). The van der Waals surface area contributed by atoms with Gasteiger partial charge in [0.05, 0.1) is 19.1 Å². The zero-order chi connectivity index (χ0) is 13.4. The molecule has 5 heteroatoms. The van der Waals surface area contributed by atoms with Crippen LogP contribution in [-0.2, 0) is 9.53 Å². The van der Waals surface area contributed by atoms with Crippen LogP contribution < -0.4 is 0 Å². The number of benzene rings is 1. The molecule has 0 aliphatic carbocycles. The molecular formula is C13H17N3O2. The van der Waals surface area contributed by atoms with Gasteiger partial charge in [0.25, 0.3) is 0 Å². The maximum absolute atomic E-state index is 11.6. The van der Waals surface area contributed by atoms with E-state index in [2.05, 4.69) is 10.0 Å². The highest BCUT2D eigenvalue weighted by molar-refractivity contribution is 5.72. The Hall–Kier alpha value is -2.00. The third-order valence-electron chi connectivity index (χ3n) is 2.91. The molecular weight excluding hydrogens is 230 g/mol. The summed E-state index contributed by atoms with van der Waals surface area (Å²) in [5, 5.41) is 3.77. The molecule has 0 fully saturated rings. The number of esters is 1. The van der Waals surface area contributed by atoms with E-state index in [1.165, 1.54) is 7.11 Å². The number of methoxy groups -OCH3 is 1. The first-order valence-electron chi connectivity index (χ1n) is 5.89. The molecule has 2 unspecified atom stereocenters. The van der Waals surface area contributed by atoms with Crippen molar-refractivity contribution in [3.8, 4) is 0 Å². The lowest BCUT2D eigenvalue weighted by Crippen LogP contribution is -2.17. The van der Waals surface area contributed by atoms with Gasteiger partial charge >= 0.3 is 5.97 Å². The molecule has 18 heavy (non-hydrogen) atoms. The van der Waals surface area contributed by atoms with Crippen LogP contribution in [0.15, 0.2) is 35.4 Å². The first-order chi connectivity index (χ1) is 8.72. The number of ether oxygens (including phenoxy) is 1. The second kappa shape index (κ2) is 7.35. The molecule has 0 aromatic heterocycles. The van der Waals surface area contributed by atoms with Crippen LogP contribution in [0.2, 0.25) is 0 Å². The molecule has 0 heterocycles. The third-order valence-corrected chi connectivity index (χ3v) is 2.91. The zero-order valence-electron chi connectivity index (χ0n) is 10.6. The second-order valence-electron chi connectivity index (χ2n) is 4.00. The molecule has 1 aromatic carbocycles. The van der Waals surface area contributed by atoms with Gasteiger partial charge in [-0.2, -0.15) is 0 Å². The Bertz CT molecular complexity index is 427. The van der Waals surface area contributed by atoms with Crippen molar-refractivity contribution in [2.75, 3.05) is 7.11 Å². The van der Waals surface area contributed by atoms with Gasteiger partial charge in [-0.05, 0) is 23.9 Å². The molecule has 0 aliphatic rings. The highest BCUT2D eigenvalue weighted by atomic mass is 16.5. The smallest absolute Gasteiger partial charge is 0.308 e. The van der Waals surface area contributed by atoms with Crippen molar-refractivity contribution in [2.45, 2.75) is 25.8 Å². The van der Waals surface area contributed by atoms with E-state index in [0.29, 0.717) is 12.8 Å². The lowest BCUT2D eigenvalue weighted by atomic mass is 9.93. The van der Waals surface area contributed by atoms with Crippen LogP contribution in [0.25, 0.3) is 10.4 Å². The number of azide groups is 1. The summed E-state index contributed by atoms with van der Waals surface area (Å²) in [7, 11) is 1.37. The molecule has 0 spiro atoms. The SMILES string of the molecule is CCC(CC(N=[N+]=[N-])c1ccccc1)C(=O)OC. The van der Waals surface area contributed by atoms with Gasteiger partial charge in [-0.15, -0.1) is 0 Å². The van der Waals surface area contributed by atoms with Crippen LogP contribution in [0.3, 0.4) is 0 Å². The molecule has 5 nitrogen and oxygen atoms in total. The Labute approximate surface area is 106 Å². The maximum Gasteiger partial charge on any atom is 0.308 e. The molecule has 1 aromatic rings. The number of rotatable bonds is 6. The Kier molecular flexibility index (Phi) is 5.74. The summed E-state index contributed by atoms with van der Waals surface area (Å²) in [4.78, 5) is 14.4. The molecule has 0 saturated heterocycles.